The molecule has 1 amide bonds. The molecule has 8 heteroatoms. The maximum absolute atomic E-state index is 12.2. The van der Waals surface area contributed by atoms with Gasteiger partial charge in [0.1, 0.15) is 0 Å². The van der Waals surface area contributed by atoms with Crippen molar-refractivity contribution in [2.24, 2.45) is 0 Å². The smallest absolute Gasteiger partial charge is 0.338 e. The number of aromatic nitrogens is 1. The van der Waals surface area contributed by atoms with E-state index in [1.165, 1.54) is 11.3 Å². The first kappa shape index (κ1) is 20.6. The number of benzene rings is 2. The average molecular weight is 435 g/mol. The number of fused-ring (bicyclic) bond motifs is 1. The first-order valence-electron chi connectivity index (χ1n) is 8.81. The van der Waals surface area contributed by atoms with Crippen molar-refractivity contribution in [3.05, 3.63) is 53.1 Å². The second-order valence-corrected chi connectivity index (χ2v) is 8.51. The minimum Gasteiger partial charge on any atom is -0.462 e. The van der Waals surface area contributed by atoms with Gasteiger partial charge in [-0.1, -0.05) is 22.9 Å². The molecule has 0 saturated heterocycles. The molecular formula is C20H19ClN2O3S2. The fourth-order valence-corrected chi connectivity index (χ4v) is 4.36. The number of anilines is 1. The van der Waals surface area contributed by atoms with Gasteiger partial charge in [-0.15, -0.1) is 11.8 Å². The number of nitrogens with zero attached hydrogens (tertiary/aromatic N) is 1. The highest BCUT2D eigenvalue weighted by atomic mass is 35.5. The number of carbonyl (C=O) groups excluding carboxylic acids is 2. The number of thioether (sulfide) groups is 1. The van der Waals surface area contributed by atoms with Gasteiger partial charge in [-0.3, -0.25) is 4.79 Å². The lowest BCUT2D eigenvalue weighted by Gasteiger charge is -2.02. The summed E-state index contributed by atoms with van der Waals surface area (Å²) < 4.78 is 5.84. The van der Waals surface area contributed by atoms with Crippen molar-refractivity contribution in [1.29, 1.82) is 0 Å². The average Bonchev–Trinajstić information content (AvgIpc) is 3.08. The van der Waals surface area contributed by atoms with Crippen LogP contribution in [0.1, 0.15) is 30.1 Å². The zero-order valence-electron chi connectivity index (χ0n) is 15.2. The third kappa shape index (κ3) is 5.70. The molecule has 5 nitrogen and oxygen atoms in total. The van der Waals surface area contributed by atoms with Crippen molar-refractivity contribution in [3.63, 3.8) is 0 Å². The van der Waals surface area contributed by atoms with E-state index in [1.54, 1.807) is 36.9 Å². The van der Waals surface area contributed by atoms with Crippen LogP contribution in [0.2, 0.25) is 5.02 Å². The van der Waals surface area contributed by atoms with E-state index in [4.69, 9.17) is 16.3 Å². The standard InChI is InChI=1S/C20H19ClN2O3S2/c1-2-26-19(25)13-5-10-16-17(12-13)28-20(22-16)23-18(24)4-3-11-27-15-8-6-14(21)7-9-15/h5-10,12H,2-4,11H2,1H3,(H,22,23,24). The van der Waals surface area contributed by atoms with Gasteiger partial charge in [0, 0.05) is 16.3 Å². The number of hydrogen-bond donors (Lipinski definition) is 1. The zero-order valence-corrected chi connectivity index (χ0v) is 17.6. The van der Waals surface area contributed by atoms with Crippen LogP contribution in [-0.4, -0.2) is 29.2 Å². The van der Waals surface area contributed by atoms with Crippen LogP contribution in [0.5, 0.6) is 0 Å². The molecule has 0 bridgehead atoms. The fraction of sp³-hybridized carbons (Fsp3) is 0.250. The van der Waals surface area contributed by atoms with Gasteiger partial charge in [-0.2, -0.15) is 0 Å². The summed E-state index contributed by atoms with van der Waals surface area (Å²) >= 11 is 8.91. The first-order valence-corrected chi connectivity index (χ1v) is 11.0. The Hall–Kier alpha value is -2.09. The molecule has 0 unspecified atom stereocenters. The Morgan fingerprint density at radius 2 is 2.00 bits per heavy atom. The van der Waals surface area contributed by atoms with E-state index in [0.29, 0.717) is 28.7 Å². The number of hydrogen-bond acceptors (Lipinski definition) is 6. The Labute approximate surface area is 176 Å². The Morgan fingerprint density at radius 3 is 2.75 bits per heavy atom. The van der Waals surface area contributed by atoms with E-state index >= 15 is 0 Å². The first-order chi connectivity index (χ1) is 13.5. The van der Waals surface area contributed by atoms with Crippen LogP contribution in [0.4, 0.5) is 5.13 Å². The molecule has 3 aromatic rings. The molecule has 0 aliphatic carbocycles. The highest BCUT2D eigenvalue weighted by Gasteiger charge is 2.12. The van der Waals surface area contributed by atoms with Gasteiger partial charge in [0.2, 0.25) is 5.91 Å². The summed E-state index contributed by atoms with van der Waals surface area (Å²) in [5.74, 6) is 0.417. The second-order valence-electron chi connectivity index (χ2n) is 5.88. The van der Waals surface area contributed by atoms with Crippen LogP contribution in [0.15, 0.2) is 47.4 Å². The van der Waals surface area contributed by atoms with Gasteiger partial charge in [-0.05, 0) is 61.6 Å². The Kier molecular flexibility index (Phi) is 7.30. The predicted octanol–water partition coefficient (Wildman–Crippen LogP) is 5.64. The van der Waals surface area contributed by atoms with Crippen molar-refractivity contribution < 1.29 is 14.3 Å². The van der Waals surface area contributed by atoms with Gasteiger partial charge >= 0.3 is 5.97 Å². The summed E-state index contributed by atoms with van der Waals surface area (Å²) in [5.41, 5.74) is 1.22. The van der Waals surface area contributed by atoms with Crippen molar-refractivity contribution in [2.45, 2.75) is 24.7 Å². The molecule has 2 aromatic carbocycles. The van der Waals surface area contributed by atoms with Gasteiger partial charge < -0.3 is 10.1 Å². The zero-order chi connectivity index (χ0) is 19.9. The summed E-state index contributed by atoms with van der Waals surface area (Å²) in [6.07, 6.45) is 1.18. The van der Waals surface area contributed by atoms with Crippen LogP contribution in [-0.2, 0) is 9.53 Å². The summed E-state index contributed by atoms with van der Waals surface area (Å²) in [6, 6.07) is 12.8. The molecule has 0 saturated carbocycles. The molecule has 0 fully saturated rings. The number of nitrogens with one attached hydrogen (secondary N) is 1. The Morgan fingerprint density at radius 1 is 1.21 bits per heavy atom. The number of esters is 1. The molecule has 1 aromatic heterocycles. The number of rotatable bonds is 8. The van der Waals surface area contributed by atoms with Crippen molar-refractivity contribution in [3.8, 4) is 0 Å². The lowest BCUT2D eigenvalue weighted by atomic mass is 10.2. The molecule has 3 rings (SSSR count). The van der Waals surface area contributed by atoms with Crippen LogP contribution < -0.4 is 5.32 Å². The molecule has 28 heavy (non-hydrogen) atoms. The number of amides is 1. The van der Waals surface area contributed by atoms with E-state index in [2.05, 4.69) is 10.3 Å². The fourth-order valence-electron chi connectivity index (χ4n) is 2.45. The maximum atomic E-state index is 12.2. The highest BCUT2D eigenvalue weighted by Crippen LogP contribution is 2.27. The Balaban J connectivity index is 1.50. The summed E-state index contributed by atoms with van der Waals surface area (Å²) in [6.45, 7) is 2.10. The lowest BCUT2D eigenvalue weighted by Crippen LogP contribution is -2.11. The number of ether oxygens (including phenoxy) is 1. The van der Waals surface area contributed by atoms with E-state index in [1.807, 2.05) is 24.3 Å². The van der Waals surface area contributed by atoms with Gasteiger partial charge in [-0.25, -0.2) is 9.78 Å². The summed E-state index contributed by atoms with van der Waals surface area (Å²) in [4.78, 5) is 29.5. The largest absolute Gasteiger partial charge is 0.462 e. The normalized spacial score (nSPS) is 10.8. The monoisotopic (exact) mass is 434 g/mol. The SMILES string of the molecule is CCOC(=O)c1ccc2nc(NC(=O)CCCSc3ccc(Cl)cc3)sc2c1. The van der Waals surface area contributed by atoms with Crippen LogP contribution in [0.25, 0.3) is 10.2 Å². The number of halogens is 1. The van der Waals surface area contributed by atoms with Crippen molar-refractivity contribution >= 4 is 61.9 Å². The van der Waals surface area contributed by atoms with Gasteiger partial charge in [0.15, 0.2) is 5.13 Å². The molecule has 1 N–H and O–H groups in total. The topological polar surface area (TPSA) is 68.3 Å². The minimum absolute atomic E-state index is 0.0682. The van der Waals surface area contributed by atoms with E-state index < -0.39 is 0 Å². The predicted molar refractivity (Wildman–Crippen MR) is 116 cm³/mol. The van der Waals surface area contributed by atoms with Gasteiger partial charge in [0.05, 0.1) is 22.4 Å². The van der Waals surface area contributed by atoms with Gasteiger partial charge in [0.25, 0.3) is 0 Å². The Bertz CT molecular complexity index is 973. The van der Waals surface area contributed by atoms with E-state index in [-0.39, 0.29) is 11.9 Å². The third-order valence-electron chi connectivity index (χ3n) is 3.78. The molecule has 1 heterocycles. The third-order valence-corrected chi connectivity index (χ3v) is 6.06. The highest BCUT2D eigenvalue weighted by molar-refractivity contribution is 7.99. The summed E-state index contributed by atoms with van der Waals surface area (Å²) in [7, 11) is 0. The molecule has 0 spiro atoms. The van der Waals surface area contributed by atoms with Crippen LogP contribution in [0, 0.1) is 0 Å². The summed E-state index contributed by atoms with van der Waals surface area (Å²) in [5, 5.41) is 4.09. The molecule has 0 atom stereocenters. The molecular weight excluding hydrogens is 416 g/mol. The van der Waals surface area contributed by atoms with Crippen molar-refractivity contribution in [2.75, 3.05) is 17.7 Å². The maximum Gasteiger partial charge on any atom is 0.338 e. The molecule has 146 valence electrons. The van der Waals surface area contributed by atoms with E-state index in [0.717, 1.165) is 27.3 Å². The van der Waals surface area contributed by atoms with Crippen LogP contribution >= 0.6 is 34.7 Å². The number of carbonyl (C=O) groups is 2. The van der Waals surface area contributed by atoms with E-state index in [9.17, 15) is 9.59 Å². The van der Waals surface area contributed by atoms with Crippen molar-refractivity contribution in [1.82, 2.24) is 4.98 Å². The second kappa shape index (κ2) is 9.91. The quantitative estimate of drug-likeness (QED) is 0.282. The molecule has 0 radical (unpaired) electrons. The molecule has 0 aliphatic heterocycles. The lowest BCUT2D eigenvalue weighted by molar-refractivity contribution is -0.116. The minimum atomic E-state index is -0.360. The number of thiazole rings is 1. The molecule has 0 aliphatic rings. The van der Waals surface area contributed by atoms with Crippen LogP contribution in [0.3, 0.4) is 0 Å².